The third-order valence-corrected chi connectivity index (χ3v) is 12.2. The molecular formula is C28H48NO4+. The van der Waals surface area contributed by atoms with Crippen molar-refractivity contribution in [3.8, 4) is 0 Å². The highest BCUT2D eigenvalue weighted by Gasteiger charge is 2.64. The number of carbonyl (C=O) groups is 2. The number of hydrogen-bond donors (Lipinski definition) is 0. The van der Waals surface area contributed by atoms with E-state index in [-0.39, 0.29) is 58.9 Å². The predicted octanol–water partition coefficient (Wildman–Crippen LogP) is 5.36. The molecule has 0 aromatic carbocycles. The molecule has 33 heavy (non-hydrogen) atoms. The molecule has 6 atom stereocenters. The largest absolute Gasteiger partial charge is 0.458 e. The van der Waals surface area contributed by atoms with Crippen molar-refractivity contribution in [1.82, 2.24) is 0 Å². The maximum atomic E-state index is 13.1. The van der Waals surface area contributed by atoms with Crippen molar-refractivity contribution >= 4 is 11.9 Å². The average molecular weight is 463 g/mol. The zero-order valence-electron chi connectivity index (χ0n) is 22.5. The summed E-state index contributed by atoms with van der Waals surface area (Å²) in [6.07, 6.45) is 6.70. The SMILES string of the molecule is CC[N+](CC)(CC(=O)O[C@@H]1C[C@H]2CC[C@]1(C)C2(C)C)CC(=O)O[C@@H]1C[C@H]2CC[C@]1(C)C2(C)C. The minimum absolute atomic E-state index is 0.00228. The van der Waals surface area contributed by atoms with Gasteiger partial charge in [-0.2, -0.15) is 0 Å². The van der Waals surface area contributed by atoms with Gasteiger partial charge in [-0.05, 0) is 75.0 Å². The standard InChI is InChI=1S/C28H48NO4/c1-9-29(10-2,17-23(30)32-21-15-19-11-13-27(21,7)25(19,3)4)18-24(31)33-22-16-20-12-14-28(22,8)26(20,5)6/h19-22H,9-18H2,1-8H3/q+1/t19-,20-,21-,22-,27+,28+/m1/s1. The van der Waals surface area contributed by atoms with Gasteiger partial charge in [0.2, 0.25) is 0 Å². The Labute approximate surface area is 201 Å². The molecule has 4 bridgehead atoms. The number of nitrogens with zero attached hydrogens (tertiary/aromatic N) is 1. The normalized spacial score (nSPS) is 40.2. The first kappa shape index (κ1) is 25.0. The lowest BCUT2D eigenvalue weighted by molar-refractivity contribution is -0.911. The van der Waals surface area contributed by atoms with Gasteiger partial charge in [0.05, 0.1) is 13.1 Å². The summed E-state index contributed by atoms with van der Waals surface area (Å²) in [7, 11) is 0. The number of rotatable bonds is 8. The fourth-order valence-corrected chi connectivity index (χ4v) is 8.28. The van der Waals surface area contributed by atoms with Gasteiger partial charge in [-0.3, -0.25) is 0 Å². The van der Waals surface area contributed by atoms with E-state index in [0.717, 1.165) is 25.7 Å². The molecule has 0 amide bonds. The molecule has 0 N–H and O–H groups in total. The van der Waals surface area contributed by atoms with E-state index in [4.69, 9.17) is 9.47 Å². The smallest absolute Gasteiger partial charge is 0.362 e. The topological polar surface area (TPSA) is 52.6 Å². The van der Waals surface area contributed by atoms with Gasteiger partial charge in [-0.15, -0.1) is 0 Å². The molecule has 0 aromatic heterocycles. The second-order valence-corrected chi connectivity index (χ2v) is 13.5. The summed E-state index contributed by atoms with van der Waals surface area (Å²) in [6.45, 7) is 20.0. The van der Waals surface area contributed by atoms with Crippen LogP contribution in [0.1, 0.15) is 93.9 Å². The monoisotopic (exact) mass is 462 g/mol. The number of likely N-dealkylation sites (N-methyl/N-ethyl adjacent to an activating group) is 1. The highest BCUT2D eigenvalue weighted by molar-refractivity contribution is 5.73. The van der Waals surface area contributed by atoms with E-state index >= 15 is 0 Å². The van der Waals surface area contributed by atoms with E-state index < -0.39 is 0 Å². The van der Waals surface area contributed by atoms with Crippen molar-refractivity contribution in [2.45, 2.75) is 106 Å². The molecular weight excluding hydrogens is 414 g/mol. The van der Waals surface area contributed by atoms with Gasteiger partial charge >= 0.3 is 11.9 Å². The van der Waals surface area contributed by atoms with E-state index in [1.54, 1.807) is 0 Å². The first-order valence-electron chi connectivity index (χ1n) is 13.5. The number of ether oxygens (including phenoxy) is 2. The molecule has 4 aliphatic rings. The molecule has 0 saturated heterocycles. The van der Waals surface area contributed by atoms with E-state index in [9.17, 15) is 9.59 Å². The quantitative estimate of drug-likeness (QED) is 0.360. The lowest BCUT2D eigenvalue weighted by atomic mass is 9.70. The van der Waals surface area contributed by atoms with Crippen molar-refractivity contribution in [3.05, 3.63) is 0 Å². The van der Waals surface area contributed by atoms with Gasteiger partial charge in [0.15, 0.2) is 13.1 Å². The fraction of sp³-hybridized carbons (Fsp3) is 0.929. The van der Waals surface area contributed by atoms with Crippen LogP contribution >= 0.6 is 0 Å². The van der Waals surface area contributed by atoms with Crippen molar-refractivity contribution in [2.24, 2.45) is 33.5 Å². The summed E-state index contributed by atoms with van der Waals surface area (Å²) in [6, 6.07) is 0. The van der Waals surface area contributed by atoms with Crippen LogP contribution in [0.15, 0.2) is 0 Å². The van der Waals surface area contributed by atoms with E-state index in [0.29, 0.717) is 29.4 Å². The van der Waals surface area contributed by atoms with Crippen molar-refractivity contribution < 1.29 is 23.5 Å². The summed E-state index contributed by atoms with van der Waals surface area (Å²) in [4.78, 5) is 26.3. The molecule has 0 radical (unpaired) electrons. The van der Waals surface area contributed by atoms with E-state index in [1.807, 2.05) is 0 Å². The van der Waals surface area contributed by atoms with E-state index in [2.05, 4.69) is 55.4 Å². The van der Waals surface area contributed by atoms with Crippen LogP contribution in [0, 0.1) is 33.5 Å². The number of carbonyl (C=O) groups excluding carboxylic acids is 2. The lowest BCUT2D eigenvalue weighted by Crippen LogP contribution is -2.55. The second-order valence-electron chi connectivity index (χ2n) is 13.5. The number of fused-ring (bicyclic) bond motifs is 4. The maximum absolute atomic E-state index is 13.1. The molecule has 4 aliphatic carbocycles. The first-order valence-corrected chi connectivity index (χ1v) is 13.5. The Balaban J connectivity index is 1.38. The van der Waals surface area contributed by atoms with Gasteiger partial charge in [0.1, 0.15) is 12.2 Å². The van der Waals surface area contributed by atoms with Crippen LogP contribution < -0.4 is 0 Å². The molecule has 4 saturated carbocycles. The first-order chi connectivity index (χ1) is 15.2. The van der Waals surface area contributed by atoms with Gasteiger partial charge in [0, 0.05) is 10.8 Å². The molecule has 0 spiro atoms. The second kappa shape index (κ2) is 7.96. The van der Waals surface area contributed by atoms with Crippen molar-refractivity contribution in [1.29, 1.82) is 0 Å². The number of quaternary nitrogens is 1. The molecule has 4 rings (SSSR count). The van der Waals surface area contributed by atoms with Gasteiger partial charge < -0.3 is 14.0 Å². The Morgan fingerprint density at radius 2 is 1.09 bits per heavy atom. The summed E-state index contributed by atoms with van der Waals surface area (Å²) >= 11 is 0. The van der Waals surface area contributed by atoms with Gasteiger partial charge in [0.25, 0.3) is 0 Å². The summed E-state index contributed by atoms with van der Waals surface area (Å²) < 4.78 is 12.7. The molecule has 0 aromatic rings. The Kier molecular flexibility index (Phi) is 6.03. The molecule has 0 heterocycles. The minimum Gasteiger partial charge on any atom is -0.458 e. The molecule has 4 fully saturated rings. The van der Waals surface area contributed by atoms with Crippen molar-refractivity contribution in [3.63, 3.8) is 0 Å². The lowest BCUT2D eigenvalue weighted by Gasteiger charge is -2.40. The number of hydrogen-bond acceptors (Lipinski definition) is 4. The Morgan fingerprint density at radius 3 is 1.33 bits per heavy atom. The zero-order valence-corrected chi connectivity index (χ0v) is 22.5. The third-order valence-electron chi connectivity index (χ3n) is 12.2. The van der Waals surface area contributed by atoms with Crippen LogP contribution in [0.5, 0.6) is 0 Å². The van der Waals surface area contributed by atoms with Crippen LogP contribution in [-0.2, 0) is 19.1 Å². The fourth-order valence-electron chi connectivity index (χ4n) is 8.28. The molecule has 5 heteroatoms. The molecule has 188 valence electrons. The Bertz CT molecular complexity index is 738. The highest BCUT2D eigenvalue weighted by atomic mass is 16.6. The Morgan fingerprint density at radius 1 is 0.727 bits per heavy atom. The van der Waals surface area contributed by atoms with E-state index in [1.165, 1.54) is 12.8 Å². The number of esters is 2. The molecule has 5 nitrogen and oxygen atoms in total. The molecule has 0 unspecified atom stereocenters. The summed E-state index contributed by atoms with van der Waals surface area (Å²) in [5.74, 6) is 0.960. The van der Waals surface area contributed by atoms with Crippen LogP contribution in [0.4, 0.5) is 0 Å². The van der Waals surface area contributed by atoms with Crippen LogP contribution in [0.3, 0.4) is 0 Å². The van der Waals surface area contributed by atoms with Gasteiger partial charge in [-0.1, -0.05) is 41.5 Å². The minimum atomic E-state index is -0.158. The summed E-state index contributed by atoms with van der Waals surface area (Å²) in [5, 5.41) is 0. The average Bonchev–Trinajstić information content (AvgIpc) is 3.25. The predicted molar refractivity (Wildman–Crippen MR) is 129 cm³/mol. The molecule has 0 aliphatic heterocycles. The Hall–Kier alpha value is -1.10. The van der Waals surface area contributed by atoms with Gasteiger partial charge in [-0.25, -0.2) is 9.59 Å². The van der Waals surface area contributed by atoms with Crippen LogP contribution in [-0.4, -0.2) is 54.8 Å². The van der Waals surface area contributed by atoms with Crippen LogP contribution in [0.25, 0.3) is 0 Å². The highest BCUT2D eigenvalue weighted by Crippen LogP contribution is 2.67. The maximum Gasteiger partial charge on any atom is 0.362 e. The van der Waals surface area contributed by atoms with Crippen LogP contribution in [0.2, 0.25) is 0 Å². The summed E-state index contributed by atoms with van der Waals surface area (Å²) in [5.41, 5.74) is 0.552. The zero-order chi connectivity index (χ0) is 24.4. The third kappa shape index (κ3) is 3.58. The van der Waals surface area contributed by atoms with Crippen molar-refractivity contribution in [2.75, 3.05) is 26.2 Å².